The number of halogens is 2. The van der Waals surface area contributed by atoms with Crippen molar-refractivity contribution in [2.45, 2.75) is 4.14 Å². The van der Waals surface area contributed by atoms with Crippen molar-refractivity contribution in [3.63, 3.8) is 0 Å². The van der Waals surface area contributed by atoms with E-state index in [2.05, 4.69) is 0 Å². The molecule has 0 fully saturated rings. The topological polar surface area (TPSA) is 20.2 Å². The summed E-state index contributed by atoms with van der Waals surface area (Å²) < 4.78 is -1.42. The van der Waals surface area contributed by atoms with Gasteiger partial charge in [0.25, 0.3) is 0 Å². The Morgan fingerprint density at radius 3 is 1.60 bits per heavy atom. The van der Waals surface area contributed by atoms with Crippen LogP contribution in [0.3, 0.4) is 0 Å². The van der Waals surface area contributed by atoms with Crippen molar-refractivity contribution in [2.75, 3.05) is 0 Å². The minimum Gasteiger partial charge on any atom is -0.367 e. The number of hydrogen-bond acceptors (Lipinski definition) is 1. The minimum atomic E-state index is -1.42. The number of alkyl halides is 2. The van der Waals surface area contributed by atoms with E-state index in [0.717, 1.165) is 0 Å². The summed E-state index contributed by atoms with van der Waals surface area (Å²) in [5.41, 5.74) is 0. The van der Waals surface area contributed by atoms with E-state index in [4.69, 9.17) is 28.3 Å². The second kappa shape index (κ2) is 1.47. The highest BCUT2D eigenvalue weighted by atomic mass is 35.5. The third kappa shape index (κ3) is 63.1. The van der Waals surface area contributed by atoms with Crippen LogP contribution in [0.5, 0.6) is 0 Å². The summed E-state index contributed by atoms with van der Waals surface area (Å²) in [6.45, 7) is 0. The lowest BCUT2D eigenvalue weighted by molar-refractivity contribution is 0.296. The van der Waals surface area contributed by atoms with Crippen molar-refractivity contribution in [1.82, 2.24) is 0 Å². The van der Waals surface area contributed by atoms with Crippen molar-refractivity contribution < 1.29 is 5.11 Å². The smallest absolute Gasteiger partial charge is 0.186 e. The highest BCUT2D eigenvalue weighted by Gasteiger charge is 2.05. The van der Waals surface area contributed by atoms with Crippen LogP contribution in [-0.4, -0.2) is 19.5 Å². The maximum Gasteiger partial charge on any atom is 0.186 e. The van der Waals surface area contributed by atoms with E-state index in [9.17, 15) is 0 Å². The minimum absolute atomic E-state index is 0.394. The van der Waals surface area contributed by atoms with Gasteiger partial charge in [0.2, 0.25) is 0 Å². The van der Waals surface area contributed by atoms with Crippen LogP contribution in [-0.2, 0) is 0 Å². The van der Waals surface area contributed by atoms with E-state index in [1.54, 1.807) is 0 Å². The predicted molar refractivity (Wildman–Crippen MR) is 26.6 cm³/mol. The molecule has 1 nitrogen and oxygen atoms in total. The van der Waals surface area contributed by atoms with E-state index >= 15 is 0 Å². The van der Waals surface area contributed by atoms with E-state index in [-0.39, 0.29) is 0 Å². The van der Waals surface area contributed by atoms with Crippen molar-refractivity contribution in [2.24, 2.45) is 0 Å². The third-order valence-electron chi connectivity index (χ3n) is 0. The molecule has 0 saturated carbocycles. The summed E-state index contributed by atoms with van der Waals surface area (Å²) in [5.74, 6) is 0. The van der Waals surface area contributed by atoms with Crippen LogP contribution in [0.1, 0.15) is 0 Å². The molecule has 1 N–H and O–H groups in total. The van der Waals surface area contributed by atoms with Crippen LogP contribution in [0, 0.1) is 0 Å². The van der Waals surface area contributed by atoms with Gasteiger partial charge in [-0.25, -0.2) is 0 Å². The summed E-state index contributed by atoms with van der Waals surface area (Å²) in [6.07, 6.45) is 0. The quantitative estimate of drug-likeness (QED) is 0.345. The first-order chi connectivity index (χ1) is 2.00. The zero-order valence-electron chi connectivity index (χ0n) is 2.70. The van der Waals surface area contributed by atoms with E-state index in [1.165, 1.54) is 0 Å². The standard InChI is InChI=1S/CH4Cl2OSi/c2-1(3,4)5/h4H,5H3. The largest absolute Gasteiger partial charge is 0.367 e. The van der Waals surface area contributed by atoms with Gasteiger partial charge >= 0.3 is 0 Å². The highest BCUT2D eigenvalue weighted by molar-refractivity contribution is 6.63. The van der Waals surface area contributed by atoms with Gasteiger partial charge in [0.1, 0.15) is 0 Å². The number of rotatable bonds is 0. The molecule has 5 heavy (non-hydrogen) atoms. The second-order valence-electron chi connectivity index (χ2n) is 0.842. The van der Waals surface area contributed by atoms with Crippen molar-refractivity contribution in [3.05, 3.63) is 0 Å². The number of aliphatic hydroxyl groups is 1. The van der Waals surface area contributed by atoms with Gasteiger partial charge in [0.15, 0.2) is 4.14 Å². The first-order valence-electron chi connectivity index (χ1n) is 1.10. The second-order valence-corrected chi connectivity index (χ2v) is 5.22. The van der Waals surface area contributed by atoms with Gasteiger partial charge in [-0.3, -0.25) is 0 Å². The Labute approximate surface area is 43.3 Å². The van der Waals surface area contributed by atoms with Crippen LogP contribution in [0.2, 0.25) is 0 Å². The molecular weight excluding hydrogens is 127 g/mol. The van der Waals surface area contributed by atoms with Crippen LogP contribution in [0.15, 0.2) is 0 Å². The molecule has 0 aromatic carbocycles. The SMILES string of the molecule is OC([SiH3])(Cl)Cl. The molecule has 0 unspecified atom stereocenters. The van der Waals surface area contributed by atoms with Gasteiger partial charge in [-0.2, -0.15) is 0 Å². The Morgan fingerprint density at radius 1 is 1.60 bits per heavy atom. The lowest BCUT2D eigenvalue weighted by Gasteiger charge is -1.97. The monoisotopic (exact) mass is 130 g/mol. The molecule has 0 amide bonds. The lowest BCUT2D eigenvalue weighted by Crippen LogP contribution is -2.08. The predicted octanol–water partition coefficient (Wildman–Crippen LogP) is -0.567. The Balaban J connectivity index is 3.02. The molecule has 0 aromatic heterocycles. The Bertz CT molecular complexity index is 25.1. The molecule has 4 heteroatoms. The van der Waals surface area contributed by atoms with Gasteiger partial charge < -0.3 is 5.11 Å². The zero-order chi connectivity index (χ0) is 4.50. The average molecular weight is 131 g/mol. The molecule has 0 aliphatic rings. The first-order valence-corrected chi connectivity index (χ1v) is 2.86. The van der Waals surface area contributed by atoms with E-state index in [0.29, 0.717) is 10.2 Å². The van der Waals surface area contributed by atoms with Crippen molar-refractivity contribution >= 4 is 33.4 Å². The Hall–Kier alpha value is 0.757. The van der Waals surface area contributed by atoms with Crippen molar-refractivity contribution in [1.29, 1.82) is 0 Å². The van der Waals surface area contributed by atoms with E-state index in [1.807, 2.05) is 0 Å². The molecule has 0 heterocycles. The summed E-state index contributed by atoms with van der Waals surface area (Å²) in [5, 5.41) is 8.11. The Morgan fingerprint density at radius 2 is 1.60 bits per heavy atom. The molecule has 0 radical (unpaired) electrons. The van der Waals surface area contributed by atoms with Crippen LogP contribution in [0.4, 0.5) is 0 Å². The molecule has 0 bridgehead atoms. The molecule has 0 rings (SSSR count). The Kier molecular flexibility index (Phi) is 1.69. The third-order valence-corrected chi connectivity index (χ3v) is 0. The highest BCUT2D eigenvalue weighted by Crippen LogP contribution is 2.07. The zero-order valence-corrected chi connectivity index (χ0v) is 6.22. The summed E-state index contributed by atoms with van der Waals surface area (Å²) in [6, 6.07) is 0. The van der Waals surface area contributed by atoms with Crippen molar-refractivity contribution in [3.8, 4) is 0 Å². The molecule has 0 aliphatic carbocycles. The molecule has 0 saturated heterocycles. The van der Waals surface area contributed by atoms with Crippen LogP contribution < -0.4 is 0 Å². The fourth-order valence-electron chi connectivity index (χ4n) is 0. The van der Waals surface area contributed by atoms with Gasteiger partial charge in [0, 0.05) is 0 Å². The molecule has 32 valence electrons. The van der Waals surface area contributed by atoms with Crippen LogP contribution in [0.25, 0.3) is 0 Å². The summed E-state index contributed by atoms with van der Waals surface area (Å²) in [4.78, 5) is 0. The molecular formula is CH4Cl2OSi. The van der Waals surface area contributed by atoms with Gasteiger partial charge in [0.05, 0.1) is 10.2 Å². The maximum absolute atomic E-state index is 8.11. The normalized spacial score (nSPS) is 12.6. The van der Waals surface area contributed by atoms with Crippen LogP contribution >= 0.6 is 23.2 Å². The molecule has 0 aliphatic heterocycles. The van der Waals surface area contributed by atoms with Gasteiger partial charge in [-0.15, -0.1) is 0 Å². The molecule has 0 atom stereocenters. The summed E-state index contributed by atoms with van der Waals surface area (Å²) >= 11 is 9.83. The summed E-state index contributed by atoms with van der Waals surface area (Å²) in [7, 11) is 0.394. The van der Waals surface area contributed by atoms with Gasteiger partial charge in [-0.05, 0) is 0 Å². The van der Waals surface area contributed by atoms with Gasteiger partial charge in [-0.1, -0.05) is 23.2 Å². The first kappa shape index (κ1) is 5.76. The lowest BCUT2D eigenvalue weighted by atomic mass is 11.6. The fraction of sp³-hybridized carbons (Fsp3) is 1.00. The molecule has 0 spiro atoms. The number of hydrogen-bond donors (Lipinski definition) is 1. The maximum atomic E-state index is 8.11. The molecule has 0 aromatic rings. The average Bonchev–Trinajstić information content (AvgIpc) is 0.722. The fourth-order valence-corrected chi connectivity index (χ4v) is 0. The van der Waals surface area contributed by atoms with E-state index < -0.39 is 4.14 Å².